The van der Waals surface area contributed by atoms with Gasteiger partial charge in [-0.3, -0.25) is 14.9 Å². The lowest BCUT2D eigenvalue weighted by Gasteiger charge is -2.29. The number of aryl methyl sites for hydroxylation is 3. The number of nitro benzene ring substituents is 1. The number of carbonyl (C=O) groups is 2. The summed E-state index contributed by atoms with van der Waals surface area (Å²) in [6, 6.07) is 11.5. The van der Waals surface area contributed by atoms with Crippen LogP contribution < -0.4 is 4.90 Å². The Balaban J connectivity index is 1.42. The summed E-state index contributed by atoms with van der Waals surface area (Å²) < 4.78 is 10.6. The molecule has 1 aliphatic heterocycles. The van der Waals surface area contributed by atoms with Gasteiger partial charge < -0.3 is 14.2 Å². The molecule has 0 N–H and O–H groups in total. The molecule has 0 radical (unpaired) electrons. The van der Waals surface area contributed by atoms with Gasteiger partial charge in [0.15, 0.2) is 6.61 Å². The first-order chi connectivity index (χ1) is 16.3. The van der Waals surface area contributed by atoms with Crippen molar-refractivity contribution in [1.82, 2.24) is 5.16 Å². The Labute approximate surface area is 200 Å². The monoisotopic (exact) mass is 481 g/mol. The van der Waals surface area contributed by atoms with E-state index in [1.807, 2.05) is 26.0 Å². The summed E-state index contributed by atoms with van der Waals surface area (Å²) in [5.74, 6) is 0.365. The number of thioether (sulfide) groups is 1. The average molecular weight is 482 g/mol. The lowest BCUT2D eigenvalue weighted by atomic mass is 10.0. The van der Waals surface area contributed by atoms with E-state index in [9.17, 15) is 19.7 Å². The predicted molar refractivity (Wildman–Crippen MR) is 126 cm³/mol. The number of fused-ring (bicyclic) bond motifs is 1. The molecule has 176 valence electrons. The molecule has 0 atom stereocenters. The summed E-state index contributed by atoms with van der Waals surface area (Å²) in [5.41, 5.74) is 3.51. The quantitative estimate of drug-likeness (QED) is 0.208. The standard InChI is InChI=1S/C24H23N3O6S/c1-15-20(16(2)33-25-15)14-34-22-8-4-3-7-19(22)24(29)32-13-23(28)26-11-5-6-17-12-18(27(30)31)9-10-21(17)26/h3-4,7-10,12H,5-6,11,13-14H2,1-2H3. The largest absolute Gasteiger partial charge is 0.452 e. The van der Waals surface area contributed by atoms with Gasteiger partial charge in [-0.1, -0.05) is 17.3 Å². The minimum atomic E-state index is -0.587. The van der Waals surface area contributed by atoms with Crippen LogP contribution in [0.1, 0.15) is 39.4 Å². The third-order valence-corrected chi connectivity index (χ3v) is 6.78. The van der Waals surface area contributed by atoms with Crippen molar-refractivity contribution >= 4 is 35.0 Å². The Morgan fingerprint density at radius 2 is 2.03 bits per heavy atom. The fourth-order valence-electron chi connectivity index (χ4n) is 3.86. The van der Waals surface area contributed by atoms with E-state index in [2.05, 4.69) is 5.16 Å². The number of aromatic nitrogens is 1. The number of ether oxygens (including phenoxy) is 1. The number of benzene rings is 2. The summed E-state index contributed by atoms with van der Waals surface area (Å²) in [6.45, 7) is 3.76. The summed E-state index contributed by atoms with van der Waals surface area (Å²) in [6.07, 6.45) is 1.32. The van der Waals surface area contributed by atoms with E-state index >= 15 is 0 Å². The SMILES string of the molecule is Cc1noc(C)c1CSc1ccccc1C(=O)OCC(=O)N1CCCc2cc([N+](=O)[O-])ccc21. The van der Waals surface area contributed by atoms with E-state index in [0.717, 1.165) is 27.5 Å². The maximum absolute atomic E-state index is 12.8. The summed E-state index contributed by atoms with van der Waals surface area (Å²) in [7, 11) is 0. The van der Waals surface area contributed by atoms with Gasteiger partial charge >= 0.3 is 5.97 Å². The zero-order valence-electron chi connectivity index (χ0n) is 18.8. The Kier molecular flexibility index (Phi) is 6.97. The highest BCUT2D eigenvalue weighted by molar-refractivity contribution is 7.98. The van der Waals surface area contributed by atoms with Crippen LogP contribution in [0, 0.1) is 24.0 Å². The Morgan fingerprint density at radius 3 is 2.76 bits per heavy atom. The van der Waals surface area contributed by atoms with Gasteiger partial charge in [-0.2, -0.15) is 0 Å². The average Bonchev–Trinajstić information content (AvgIpc) is 3.17. The summed E-state index contributed by atoms with van der Waals surface area (Å²) >= 11 is 1.47. The molecule has 1 aliphatic rings. The number of hydrogen-bond acceptors (Lipinski definition) is 8. The van der Waals surface area contributed by atoms with Gasteiger partial charge in [0.25, 0.3) is 11.6 Å². The topological polar surface area (TPSA) is 116 Å². The number of non-ortho nitro benzene ring substituents is 1. The van der Waals surface area contributed by atoms with Crippen molar-refractivity contribution in [3.05, 3.63) is 80.7 Å². The fourth-order valence-corrected chi connectivity index (χ4v) is 5.05. The molecule has 0 fully saturated rings. The van der Waals surface area contributed by atoms with Gasteiger partial charge in [-0.25, -0.2) is 4.79 Å². The number of rotatable bonds is 7. The highest BCUT2D eigenvalue weighted by atomic mass is 32.2. The number of anilines is 1. The van der Waals surface area contributed by atoms with Crippen LogP contribution in [0.2, 0.25) is 0 Å². The van der Waals surface area contributed by atoms with Gasteiger partial charge in [-0.05, 0) is 50.5 Å². The normalized spacial score (nSPS) is 12.8. The first-order valence-electron chi connectivity index (χ1n) is 10.7. The maximum Gasteiger partial charge on any atom is 0.339 e. The molecule has 10 heteroatoms. The molecule has 2 aromatic carbocycles. The number of esters is 1. The third kappa shape index (κ3) is 4.96. The van der Waals surface area contributed by atoms with E-state index < -0.39 is 17.5 Å². The third-order valence-electron chi connectivity index (χ3n) is 5.68. The second kappa shape index (κ2) is 10.1. The van der Waals surface area contributed by atoms with Gasteiger partial charge in [0.05, 0.1) is 16.2 Å². The van der Waals surface area contributed by atoms with Gasteiger partial charge in [0, 0.05) is 40.6 Å². The highest BCUT2D eigenvalue weighted by Gasteiger charge is 2.25. The van der Waals surface area contributed by atoms with E-state index in [1.165, 1.54) is 28.8 Å². The number of hydrogen-bond donors (Lipinski definition) is 0. The molecule has 4 rings (SSSR count). The van der Waals surface area contributed by atoms with E-state index in [-0.39, 0.29) is 11.6 Å². The van der Waals surface area contributed by atoms with Crippen LogP contribution in [0.5, 0.6) is 0 Å². The minimum absolute atomic E-state index is 0.00910. The zero-order chi connectivity index (χ0) is 24.2. The predicted octanol–water partition coefficient (Wildman–Crippen LogP) is 4.63. The molecule has 0 saturated carbocycles. The number of nitro groups is 1. The second-order valence-corrected chi connectivity index (χ2v) is 8.90. The van der Waals surface area contributed by atoms with Crippen molar-refractivity contribution < 1.29 is 23.8 Å². The molecule has 0 aliphatic carbocycles. The molecule has 0 unspecified atom stereocenters. The molecule has 1 aromatic heterocycles. The van der Waals surface area contributed by atoms with Crippen molar-refractivity contribution in [2.75, 3.05) is 18.1 Å². The summed E-state index contributed by atoms with van der Waals surface area (Å²) in [5, 5.41) is 15.0. The smallest absolute Gasteiger partial charge is 0.339 e. The van der Waals surface area contributed by atoms with Crippen LogP contribution in [0.4, 0.5) is 11.4 Å². The van der Waals surface area contributed by atoms with E-state index in [1.54, 1.807) is 18.2 Å². The lowest BCUT2D eigenvalue weighted by Crippen LogP contribution is -2.38. The number of amides is 1. The van der Waals surface area contributed by atoms with Crippen molar-refractivity contribution in [3.8, 4) is 0 Å². The van der Waals surface area contributed by atoms with E-state index in [4.69, 9.17) is 9.26 Å². The van der Waals surface area contributed by atoms with E-state index in [0.29, 0.717) is 36.4 Å². The molecule has 2 heterocycles. The lowest BCUT2D eigenvalue weighted by molar-refractivity contribution is -0.384. The van der Waals surface area contributed by atoms with Gasteiger partial charge in [0.2, 0.25) is 0 Å². The van der Waals surface area contributed by atoms with Crippen LogP contribution in [0.3, 0.4) is 0 Å². The van der Waals surface area contributed by atoms with Gasteiger partial charge in [-0.15, -0.1) is 11.8 Å². The maximum atomic E-state index is 12.8. The first-order valence-corrected chi connectivity index (χ1v) is 11.7. The fraction of sp³-hybridized carbons (Fsp3) is 0.292. The van der Waals surface area contributed by atoms with Crippen LogP contribution in [0.25, 0.3) is 0 Å². The molecular weight excluding hydrogens is 458 g/mol. The van der Waals surface area contributed by atoms with Gasteiger partial charge in [0.1, 0.15) is 5.76 Å². The van der Waals surface area contributed by atoms with Crippen LogP contribution in [0.15, 0.2) is 51.9 Å². The first kappa shape index (κ1) is 23.5. The Hall–Kier alpha value is -3.66. The van der Waals surface area contributed by atoms with Crippen molar-refractivity contribution in [2.24, 2.45) is 0 Å². The molecule has 0 bridgehead atoms. The molecular formula is C24H23N3O6S. The molecule has 1 amide bonds. The van der Waals surface area contributed by atoms with Crippen LogP contribution in [-0.2, 0) is 21.7 Å². The van der Waals surface area contributed by atoms with Crippen molar-refractivity contribution in [1.29, 1.82) is 0 Å². The van der Waals surface area contributed by atoms with Crippen LogP contribution in [-0.4, -0.2) is 35.1 Å². The molecule has 34 heavy (non-hydrogen) atoms. The molecule has 3 aromatic rings. The summed E-state index contributed by atoms with van der Waals surface area (Å²) in [4.78, 5) is 38.5. The Morgan fingerprint density at radius 1 is 1.24 bits per heavy atom. The minimum Gasteiger partial charge on any atom is -0.452 e. The number of nitrogens with zero attached hydrogens (tertiary/aromatic N) is 3. The second-order valence-electron chi connectivity index (χ2n) is 7.88. The highest BCUT2D eigenvalue weighted by Crippen LogP contribution is 2.31. The Bertz CT molecular complexity index is 1240. The van der Waals surface area contributed by atoms with Crippen molar-refractivity contribution in [2.45, 2.75) is 37.3 Å². The van der Waals surface area contributed by atoms with Crippen LogP contribution >= 0.6 is 11.8 Å². The van der Waals surface area contributed by atoms with Crippen molar-refractivity contribution in [3.63, 3.8) is 0 Å². The molecule has 9 nitrogen and oxygen atoms in total. The molecule has 0 saturated heterocycles. The molecule has 0 spiro atoms. The zero-order valence-corrected chi connectivity index (χ0v) is 19.6. The number of carbonyl (C=O) groups excluding carboxylic acids is 2.